The first-order chi connectivity index (χ1) is 8.99. The molecule has 1 rings (SSSR count). The predicted octanol–water partition coefficient (Wildman–Crippen LogP) is 1.54. The molecule has 0 aliphatic rings. The van der Waals surface area contributed by atoms with Crippen LogP contribution in [0.2, 0.25) is 0 Å². The van der Waals surface area contributed by atoms with E-state index in [9.17, 15) is 18.8 Å². The Balaban J connectivity index is 2.76. The molecular weight excluding hydrogens is 255 g/mol. The lowest BCUT2D eigenvalue weighted by Crippen LogP contribution is -2.20. The van der Waals surface area contributed by atoms with Crippen LogP contribution < -0.4 is 4.74 Å². The SMILES string of the molecule is CCOC(=O)C(=O)CC(=O)c1ccc(OC)c(F)c1. The van der Waals surface area contributed by atoms with E-state index in [-0.39, 0.29) is 17.9 Å². The van der Waals surface area contributed by atoms with Crippen LogP contribution in [0.3, 0.4) is 0 Å². The maximum absolute atomic E-state index is 13.4. The first kappa shape index (κ1) is 14.8. The third-order valence-corrected chi connectivity index (χ3v) is 2.30. The molecule has 1 aromatic rings. The molecule has 0 fully saturated rings. The lowest BCUT2D eigenvalue weighted by Gasteiger charge is -2.04. The standard InChI is InChI=1S/C13H13FO5/c1-3-19-13(17)11(16)7-10(15)8-4-5-12(18-2)9(14)6-8/h4-6H,3,7H2,1-2H3. The van der Waals surface area contributed by atoms with Gasteiger partial charge in [-0.05, 0) is 25.1 Å². The summed E-state index contributed by atoms with van der Waals surface area (Å²) in [6, 6.07) is 3.56. The largest absolute Gasteiger partial charge is 0.494 e. The number of rotatable bonds is 6. The minimum Gasteiger partial charge on any atom is -0.494 e. The zero-order valence-corrected chi connectivity index (χ0v) is 10.6. The third-order valence-electron chi connectivity index (χ3n) is 2.30. The number of methoxy groups -OCH3 is 1. The molecule has 5 nitrogen and oxygen atoms in total. The van der Waals surface area contributed by atoms with Gasteiger partial charge in [-0.1, -0.05) is 0 Å². The average Bonchev–Trinajstić information content (AvgIpc) is 2.38. The number of ketones is 2. The van der Waals surface area contributed by atoms with Crippen molar-refractivity contribution in [3.63, 3.8) is 0 Å². The molecular formula is C13H13FO5. The van der Waals surface area contributed by atoms with Crippen LogP contribution in [0.1, 0.15) is 23.7 Å². The van der Waals surface area contributed by atoms with Crippen molar-refractivity contribution in [2.24, 2.45) is 0 Å². The van der Waals surface area contributed by atoms with Crippen LogP contribution in [0.25, 0.3) is 0 Å². The Hall–Kier alpha value is -2.24. The molecule has 0 spiro atoms. The van der Waals surface area contributed by atoms with Crippen LogP contribution in [0.15, 0.2) is 18.2 Å². The minimum absolute atomic E-state index is 0.00375. The Morgan fingerprint density at radius 2 is 1.95 bits per heavy atom. The van der Waals surface area contributed by atoms with Crippen molar-refractivity contribution in [1.82, 2.24) is 0 Å². The molecule has 0 amide bonds. The third kappa shape index (κ3) is 3.87. The summed E-state index contributed by atoms with van der Waals surface area (Å²) in [5.41, 5.74) is -0.00375. The second-order valence-electron chi connectivity index (χ2n) is 3.59. The van der Waals surface area contributed by atoms with Crippen LogP contribution in [-0.4, -0.2) is 31.3 Å². The summed E-state index contributed by atoms with van der Waals surface area (Å²) in [4.78, 5) is 34.0. The Bertz CT molecular complexity index is 510. The molecule has 19 heavy (non-hydrogen) atoms. The summed E-state index contributed by atoms with van der Waals surface area (Å²) in [5.74, 6) is -3.39. The number of carbonyl (C=O) groups is 3. The van der Waals surface area contributed by atoms with Gasteiger partial charge in [0.25, 0.3) is 0 Å². The highest BCUT2D eigenvalue weighted by molar-refractivity contribution is 6.38. The summed E-state index contributed by atoms with van der Waals surface area (Å²) in [6.07, 6.45) is -0.648. The number of esters is 1. The zero-order chi connectivity index (χ0) is 14.4. The summed E-state index contributed by atoms with van der Waals surface area (Å²) in [6.45, 7) is 1.60. The summed E-state index contributed by atoms with van der Waals surface area (Å²) in [7, 11) is 1.30. The Morgan fingerprint density at radius 3 is 2.47 bits per heavy atom. The van der Waals surface area contributed by atoms with Crippen LogP contribution in [0.4, 0.5) is 4.39 Å². The second kappa shape index (κ2) is 6.63. The molecule has 0 aliphatic carbocycles. The van der Waals surface area contributed by atoms with E-state index >= 15 is 0 Å². The highest BCUT2D eigenvalue weighted by Crippen LogP contribution is 2.18. The van der Waals surface area contributed by atoms with Crippen molar-refractivity contribution in [1.29, 1.82) is 0 Å². The van der Waals surface area contributed by atoms with Gasteiger partial charge in [-0.15, -0.1) is 0 Å². The maximum Gasteiger partial charge on any atom is 0.375 e. The topological polar surface area (TPSA) is 69.7 Å². The molecule has 0 saturated heterocycles. The quantitative estimate of drug-likeness (QED) is 0.339. The fourth-order valence-electron chi connectivity index (χ4n) is 1.37. The predicted molar refractivity (Wildman–Crippen MR) is 63.5 cm³/mol. The van der Waals surface area contributed by atoms with Gasteiger partial charge in [-0.2, -0.15) is 0 Å². The molecule has 102 valence electrons. The Kier molecular flexibility index (Phi) is 5.17. The van der Waals surface area contributed by atoms with Gasteiger partial charge in [0.15, 0.2) is 17.3 Å². The van der Waals surface area contributed by atoms with E-state index in [1.807, 2.05) is 0 Å². The highest BCUT2D eigenvalue weighted by atomic mass is 19.1. The van der Waals surface area contributed by atoms with Gasteiger partial charge >= 0.3 is 5.97 Å². The molecule has 0 aromatic heterocycles. The average molecular weight is 268 g/mol. The lowest BCUT2D eigenvalue weighted by atomic mass is 10.1. The van der Waals surface area contributed by atoms with Crippen LogP contribution >= 0.6 is 0 Å². The summed E-state index contributed by atoms with van der Waals surface area (Å²) < 4.78 is 22.5. The molecule has 0 unspecified atom stereocenters. The zero-order valence-electron chi connectivity index (χ0n) is 10.6. The second-order valence-corrected chi connectivity index (χ2v) is 3.59. The first-order valence-electron chi connectivity index (χ1n) is 5.56. The smallest absolute Gasteiger partial charge is 0.375 e. The summed E-state index contributed by atoms with van der Waals surface area (Å²) in [5, 5.41) is 0. The van der Waals surface area contributed by atoms with Gasteiger partial charge in [0.05, 0.1) is 20.1 Å². The molecule has 1 aromatic carbocycles. The summed E-state index contributed by atoms with van der Waals surface area (Å²) >= 11 is 0. The van der Waals surface area contributed by atoms with Crippen LogP contribution in [0.5, 0.6) is 5.75 Å². The van der Waals surface area contributed by atoms with Gasteiger partial charge < -0.3 is 9.47 Å². The lowest BCUT2D eigenvalue weighted by molar-refractivity contribution is -0.153. The van der Waals surface area contributed by atoms with Crippen LogP contribution in [-0.2, 0) is 14.3 Å². The van der Waals surface area contributed by atoms with Crippen molar-refractivity contribution < 1.29 is 28.2 Å². The number of ether oxygens (including phenoxy) is 2. The molecule has 6 heteroatoms. The Morgan fingerprint density at radius 1 is 1.26 bits per heavy atom. The van der Waals surface area contributed by atoms with Crippen molar-refractivity contribution in [3.8, 4) is 5.75 Å². The molecule has 0 bridgehead atoms. The molecule has 0 heterocycles. The van der Waals surface area contributed by atoms with Gasteiger partial charge in [-0.25, -0.2) is 9.18 Å². The van der Waals surface area contributed by atoms with E-state index in [1.165, 1.54) is 19.2 Å². The van der Waals surface area contributed by atoms with Gasteiger partial charge in [0, 0.05) is 5.56 Å². The number of benzene rings is 1. The fourth-order valence-corrected chi connectivity index (χ4v) is 1.37. The van der Waals surface area contributed by atoms with Gasteiger partial charge in [-0.3, -0.25) is 9.59 Å². The van der Waals surface area contributed by atoms with Crippen molar-refractivity contribution in [2.75, 3.05) is 13.7 Å². The highest BCUT2D eigenvalue weighted by Gasteiger charge is 2.20. The number of hydrogen-bond acceptors (Lipinski definition) is 5. The van der Waals surface area contributed by atoms with E-state index in [2.05, 4.69) is 4.74 Å². The van der Waals surface area contributed by atoms with E-state index in [0.29, 0.717) is 0 Å². The fraction of sp³-hybridized carbons (Fsp3) is 0.308. The minimum atomic E-state index is -1.06. The van der Waals surface area contributed by atoms with Crippen molar-refractivity contribution in [3.05, 3.63) is 29.6 Å². The molecule has 0 atom stereocenters. The molecule has 0 aliphatic heterocycles. The molecule has 0 N–H and O–H groups in total. The first-order valence-corrected chi connectivity index (χ1v) is 5.56. The molecule has 0 saturated carbocycles. The van der Waals surface area contributed by atoms with E-state index in [4.69, 9.17) is 4.74 Å². The van der Waals surface area contributed by atoms with Crippen molar-refractivity contribution >= 4 is 17.5 Å². The molecule has 0 radical (unpaired) electrons. The Labute approximate surface area is 109 Å². The normalized spacial score (nSPS) is 9.84. The van der Waals surface area contributed by atoms with Crippen LogP contribution in [0, 0.1) is 5.82 Å². The maximum atomic E-state index is 13.4. The monoisotopic (exact) mass is 268 g/mol. The van der Waals surface area contributed by atoms with Gasteiger partial charge in [0.2, 0.25) is 5.78 Å². The number of halogens is 1. The van der Waals surface area contributed by atoms with E-state index < -0.39 is 29.8 Å². The van der Waals surface area contributed by atoms with Crippen molar-refractivity contribution in [2.45, 2.75) is 13.3 Å². The van der Waals surface area contributed by atoms with Gasteiger partial charge in [0.1, 0.15) is 0 Å². The van der Waals surface area contributed by atoms with E-state index in [0.717, 1.165) is 6.07 Å². The number of hydrogen-bond donors (Lipinski definition) is 0. The van der Waals surface area contributed by atoms with E-state index in [1.54, 1.807) is 6.92 Å². The number of Topliss-reactive ketones (excluding diaryl/α,β-unsaturated/α-hetero) is 2. The number of carbonyl (C=O) groups excluding carboxylic acids is 3.